The van der Waals surface area contributed by atoms with Crippen LogP contribution in [0.3, 0.4) is 0 Å². The molecule has 5 N–H and O–H groups in total. The third-order valence-corrected chi connectivity index (χ3v) is 3.61. The number of H-pyrrole nitrogens is 1. The van der Waals surface area contributed by atoms with Gasteiger partial charge < -0.3 is 16.5 Å². The molecule has 8 heteroatoms. The van der Waals surface area contributed by atoms with Crippen molar-refractivity contribution in [2.75, 3.05) is 11.5 Å². The van der Waals surface area contributed by atoms with E-state index < -0.39 is 0 Å². The first-order valence-corrected chi connectivity index (χ1v) is 7.11. The molecule has 0 aliphatic carbocycles. The fraction of sp³-hybridized carbons (Fsp3) is 0.0769. The highest BCUT2D eigenvalue weighted by atomic mass is 32.2. The van der Waals surface area contributed by atoms with E-state index in [9.17, 15) is 4.79 Å². The van der Waals surface area contributed by atoms with Crippen molar-refractivity contribution in [1.82, 2.24) is 19.9 Å². The first-order chi connectivity index (χ1) is 10.1. The van der Waals surface area contributed by atoms with Crippen LogP contribution in [0.1, 0.15) is 5.69 Å². The zero-order valence-electron chi connectivity index (χ0n) is 10.9. The summed E-state index contributed by atoms with van der Waals surface area (Å²) in [5, 5.41) is 0.418. The molecule has 0 atom stereocenters. The fourth-order valence-electron chi connectivity index (χ4n) is 1.82. The summed E-state index contributed by atoms with van der Waals surface area (Å²) in [7, 11) is 0. The van der Waals surface area contributed by atoms with Crippen LogP contribution in [0.2, 0.25) is 0 Å². The van der Waals surface area contributed by atoms with Gasteiger partial charge in [-0.3, -0.25) is 4.79 Å². The van der Waals surface area contributed by atoms with Crippen LogP contribution in [0, 0.1) is 0 Å². The number of nitrogen functional groups attached to an aromatic ring is 2. The predicted molar refractivity (Wildman–Crippen MR) is 82.8 cm³/mol. The summed E-state index contributed by atoms with van der Waals surface area (Å²) in [5.74, 6) is 0.930. The van der Waals surface area contributed by atoms with Gasteiger partial charge in [-0.2, -0.15) is 0 Å². The van der Waals surface area contributed by atoms with Gasteiger partial charge in [0.1, 0.15) is 17.3 Å². The van der Waals surface area contributed by atoms with Crippen molar-refractivity contribution >= 4 is 34.4 Å². The van der Waals surface area contributed by atoms with Crippen molar-refractivity contribution in [2.24, 2.45) is 0 Å². The molecule has 0 aliphatic rings. The highest BCUT2D eigenvalue weighted by molar-refractivity contribution is 7.98. The monoisotopic (exact) mass is 300 g/mol. The Labute approximate surface area is 123 Å². The van der Waals surface area contributed by atoms with Crippen LogP contribution in [0.15, 0.2) is 40.3 Å². The molecule has 3 aromatic rings. The van der Waals surface area contributed by atoms with E-state index in [0.717, 1.165) is 5.52 Å². The Balaban J connectivity index is 1.88. The first kappa shape index (κ1) is 13.4. The number of anilines is 2. The first-order valence-electron chi connectivity index (χ1n) is 6.12. The number of benzene rings is 1. The second-order valence-corrected chi connectivity index (χ2v) is 5.26. The third kappa shape index (κ3) is 2.95. The summed E-state index contributed by atoms with van der Waals surface area (Å²) in [6, 6.07) is 8.84. The minimum absolute atomic E-state index is 0.224. The highest BCUT2D eigenvalue weighted by Gasteiger charge is 2.08. The van der Waals surface area contributed by atoms with Gasteiger partial charge in [0.2, 0.25) is 0 Å². The number of nitrogens with one attached hydrogen (secondary N) is 1. The lowest BCUT2D eigenvalue weighted by Gasteiger charge is -2.03. The van der Waals surface area contributed by atoms with Gasteiger partial charge in [0.15, 0.2) is 5.16 Å². The highest BCUT2D eigenvalue weighted by Crippen LogP contribution is 2.19. The van der Waals surface area contributed by atoms with Crippen LogP contribution in [-0.4, -0.2) is 19.9 Å². The summed E-state index contributed by atoms with van der Waals surface area (Å²) in [6.45, 7) is 0. The van der Waals surface area contributed by atoms with Crippen LogP contribution >= 0.6 is 11.8 Å². The normalized spacial score (nSPS) is 10.9. The van der Waals surface area contributed by atoms with E-state index in [0.29, 0.717) is 33.8 Å². The topological polar surface area (TPSA) is 124 Å². The number of fused-ring (bicyclic) bond motifs is 1. The molecular weight excluding hydrogens is 288 g/mol. The molecule has 0 aliphatic heterocycles. The Hall–Kier alpha value is -2.61. The molecule has 0 amide bonds. The van der Waals surface area contributed by atoms with E-state index in [1.807, 2.05) is 24.3 Å². The predicted octanol–water partition coefficient (Wildman–Crippen LogP) is 1.17. The summed E-state index contributed by atoms with van der Waals surface area (Å²) in [6.07, 6.45) is 0. The summed E-state index contributed by atoms with van der Waals surface area (Å²) in [5.41, 5.74) is 12.8. The summed E-state index contributed by atoms with van der Waals surface area (Å²) >= 11 is 1.26. The van der Waals surface area contributed by atoms with Crippen LogP contribution in [-0.2, 0) is 5.75 Å². The molecule has 0 unspecified atom stereocenters. The van der Waals surface area contributed by atoms with E-state index >= 15 is 0 Å². The van der Waals surface area contributed by atoms with Gasteiger partial charge in [0, 0.05) is 11.8 Å². The minimum atomic E-state index is -0.224. The van der Waals surface area contributed by atoms with Crippen LogP contribution in [0.25, 0.3) is 11.0 Å². The number of nitrogens with two attached hydrogens (primary N) is 2. The van der Waals surface area contributed by atoms with E-state index in [2.05, 4.69) is 19.9 Å². The van der Waals surface area contributed by atoms with Gasteiger partial charge in [-0.15, -0.1) is 0 Å². The molecule has 1 aromatic carbocycles. The third-order valence-electron chi connectivity index (χ3n) is 2.75. The van der Waals surface area contributed by atoms with Crippen molar-refractivity contribution in [3.63, 3.8) is 0 Å². The Morgan fingerprint density at radius 3 is 2.57 bits per heavy atom. The maximum atomic E-state index is 12.0. The number of hydrogen-bond acceptors (Lipinski definition) is 7. The van der Waals surface area contributed by atoms with Gasteiger partial charge in [-0.05, 0) is 12.1 Å². The number of thioether (sulfide) groups is 1. The Morgan fingerprint density at radius 1 is 1.10 bits per heavy atom. The fourth-order valence-corrected chi connectivity index (χ4v) is 2.63. The molecule has 106 valence electrons. The molecule has 0 saturated heterocycles. The molecule has 21 heavy (non-hydrogen) atoms. The van der Waals surface area contributed by atoms with Gasteiger partial charge >= 0.3 is 0 Å². The lowest BCUT2D eigenvalue weighted by molar-refractivity contribution is 0.980. The number of aromatic nitrogens is 4. The lowest BCUT2D eigenvalue weighted by Crippen LogP contribution is -2.14. The van der Waals surface area contributed by atoms with Crippen molar-refractivity contribution < 1.29 is 0 Å². The summed E-state index contributed by atoms with van der Waals surface area (Å²) in [4.78, 5) is 27.2. The zero-order chi connectivity index (χ0) is 14.8. The maximum absolute atomic E-state index is 12.0. The van der Waals surface area contributed by atoms with Crippen molar-refractivity contribution in [1.29, 1.82) is 0 Å². The number of para-hydroxylation sites is 2. The van der Waals surface area contributed by atoms with E-state index in [1.54, 1.807) is 0 Å². The number of hydrogen-bond donors (Lipinski definition) is 3. The molecule has 0 saturated carbocycles. The maximum Gasteiger partial charge on any atom is 0.271 e. The van der Waals surface area contributed by atoms with E-state index in [4.69, 9.17) is 11.5 Å². The molecule has 7 nitrogen and oxygen atoms in total. The zero-order valence-corrected chi connectivity index (χ0v) is 11.7. The van der Waals surface area contributed by atoms with Crippen LogP contribution in [0.5, 0.6) is 0 Å². The van der Waals surface area contributed by atoms with Crippen LogP contribution < -0.4 is 17.0 Å². The lowest BCUT2D eigenvalue weighted by atomic mass is 10.3. The van der Waals surface area contributed by atoms with E-state index in [-0.39, 0.29) is 5.56 Å². The molecular formula is C13H12N6OS. The number of nitrogens with zero attached hydrogens (tertiary/aromatic N) is 3. The molecule has 2 aromatic heterocycles. The van der Waals surface area contributed by atoms with Gasteiger partial charge in [-0.1, -0.05) is 23.9 Å². The second kappa shape index (κ2) is 5.41. The number of aromatic amines is 1. The van der Waals surface area contributed by atoms with Crippen molar-refractivity contribution in [3.8, 4) is 0 Å². The molecule has 0 bridgehead atoms. The van der Waals surface area contributed by atoms with Gasteiger partial charge in [-0.25, -0.2) is 15.0 Å². The van der Waals surface area contributed by atoms with Gasteiger partial charge in [0.05, 0.1) is 11.0 Å². The Morgan fingerprint density at radius 2 is 1.81 bits per heavy atom. The molecule has 3 rings (SSSR count). The van der Waals surface area contributed by atoms with E-state index in [1.165, 1.54) is 17.8 Å². The molecule has 0 fully saturated rings. The molecule has 2 heterocycles. The smallest absolute Gasteiger partial charge is 0.271 e. The number of rotatable bonds is 3. The SMILES string of the molecule is Nc1cc(N)nc(SCc2nc3ccccc3[nH]c2=O)n1. The van der Waals surface area contributed by atoms with Crippen molar-refractivity contribution in [2.45, 2.75) is 10.9 Å². The minimum Gasteiger partial charge on any atom is -0.383 e. The average molecular weight is 300 g/mol. The second-order valence-electron chi connectivity index (χ2n) is 4.32. The average Bonchev–Trinajstić information content (AvgIpc) is 2.44. The quantitative estimate of drug-likeness (QED) is 0.490. The molecule has 0 spiro atoms. The molecule has 0 radical (unpaired) electrons. The standard InChI is InChI=1S/C13H12N6OS/c14-10-5-11(15)19-13(18-10)21-6-9-12(20)17-8-4-2-1-3-7(8)16-9/h1-5H,6H2,(H,17,20)(H4,14,15,18,19). The van der Waals surface area contributed by atoms with Crippen molar-refractivity contribution in [3.05, 3.63) is 46.4 Å². The summed E-state index contributed by atoms with van der Waals surface area (Å²) < 4.78 is 0. The largest absolute Gasteiger partial charge is 0.383 e. The van der Waals surface area contributed by atoms with Crippen LogP contribution in [0.4, 0.5) is 11.6 Å². The Kier molecular flexibility index (Phi) is 3.44. The van der Waals surface area contributed by atoms with Gasteiger partial charge in [0.25, 0.3) is 5.56 Å². The Bertz CT molecular complexity index is 842.